The maximum Gasteiger partial charge on any atom is 0.319 e. The molecule has 3 aliphatic heterocycles. The van der Waals surface area contributed by atoms with E-state index in [1.165, 1.54) is 11.3 Å². The molecule has 4 N–H and O–H groups in total. The third-order valence-corrected chi connectivity index (χ3v) is 10.2. The fourth-order valence-electron chi connectivity index (χ4n) is 6.74. The van der Waals surface area contributed by atoms with Gasteiger partial charge in [0.2, 0.25) is 0 Å². The van der Waals surface area contributed by atoms with Crippen LogP contribution in [0.1, 0.15) is 32.1 Å². The SMILES string of the molecule is CN1CCC[C@H]1COc1nc(N2CCCC(N3CC(N)C3)CC2)c2cc(Cl)c(-c3cccc4sc(N)nc34)c(F)c2n1. The Bertz CT molecular complexity index is 1630. The highest BCUT2D eigenvalue weighted by Gasteiger charge is 2.32. The standard InChI is InChI=1S/C30H36ClFN8OS/c1-38-10-3-6-19(38)16-41-30-36-27-21(28(37-30)39-11-4-5-18(9-12-39)40-14-17(33)15-40)13-22(31)24(25(27)32)20-7-2-8-23-26(20)35-29(34)42-23/h2,7-8,13,17-19H,3-6,9-12,14-16,33H2,1H3,(H2,34,35)/t18?,19-/m0/s1. The Balaban J connectivity index is 1.30. The summed E-state index contributed by atoms with van der Waals surface area (Å²) in [5, 5.41) is 1.29. The molecule has 12 heteroatoms. The first-order valence-corrected chi connectivity index (χ1v) is 16.0. The van der Waals surface area contributed by atoms with E-state index < -0.39 is 5.82 Å². The van der Waals surface area contributed by atoms with Crippen LogP contribution < -0.4 is 21.1 Å². The average Bonchev–Trinajstić information content (AvgIpc) is 3.46. The van der Waals surface area contributed by atoms with Gasteiger partial charge in [0.1, 0.15) is 17.9 Å². The number of likely N-dealkylation sites (N-methyl/N-ethyl adjacent to an activating group) is 1. The number of ether oxygens (including phenoxy) is 1. The van der Waals surface area contributed by atoms with E-state index >= 15 is 4.39 Å². The maximum atomic E-state index is 16.7. The number of nitrogens with two attached hydrogens (primary N) is 2. The molecule has 7 rings (SSSR count). The summed E-state index contributed by atoms with van der Waals surface area (Å²) < 4.78 is 23.8. The minimum absolute atomic E-state index is 0.190. The van der Waals surface area contributed by atoms with Crippen molar-refractivity contribution in [1.82, 2.24) is 24.8 Å². The van der Waals surface area contributed by atoms with Gasteiger partial charge in [0, 0.05) is 60.8 Å². The smallest absolute Gasteiger partial charge is 0.319 e. The zero-order valence-electron chi connectivity index (χ0n) is 23.7. The molecule has 3 aliphatic rings. The first kappa shape index (κ1) is 28.0. The summed E-state index contributed by atoms with van der Waals surface area (Å²) in [6.07, 6.45) is 5.28. The molecule has 0 spiro atoms. The molecule has 222 valence electrons. The Morgan fingerprint density at radius 2 is 1.90 bits per heavy atom. The van der Waals surface area contributed by atoms with Crippen molar-refractivity contribution in [2.75, 3.05) is 57.0 Å². The number of para-hydroxylation sites is 1. The second-order valence-electron chi connectivity index (χ2n) is 11.9. The summed E-state index contributed by atoms with van der Waals surface area (Å²) in [6.45, 7) is 5.01. The van der Waals surface area contributed by atoms with Gasteiger partial charge in [0.25, 0.3) is 0 Å². The van der Waals surface area contributed by atoms with Gasteiger partial charge in [-0.15, -0.1) is 0 Å². The van der Waals surface area contributed by atoms with E-state index in [0.29, 0.717) is 40.1 Å². The van der Waals surface area contributed by atoms with E-state index in [0.717, 1.165) is 69.5 Å². The van der Waals surface area contributed by atoms with Gasteiger partial charge in [0.15, 0.2) is 10.9 Å². The Labute approximate surface area is 253 Å². The summed E-state index contributed by atoms with van der Waals surface area (Å²) >= 11 is 8.24. The summed E-state index contributed by atoms with van der Waals surface area (Å²) in [5.41, 5.74) is 13.7. The summed E-state index contributed by atoms with van der Waals surface area (Å²) in [6, 6.07) is 8.66. The number of hydrogen-bond donors (Lipinski definition) is 2. The predicted octanol–water partition coefficient (Wildman–Crippen LogP) is 4.76. The number of likely N-dealkylation sites (tertiary alicyclic amines) is 2. The van der Waals surface area contributed by atoms with Crippen molar-refractivity contribution in [3.05, 3.63) is 35.1 Å². The van der Waals surface area contributed by atoms with Crippen LogP contribution in [0.5, 0.6) is 6.01 Å². The molecule has 3 fully saturated rings. The minimum atomic E-state index is -0.509. The van der Waals surface area contributed by atoms with Crippen molar-refractivity contribution in [2.24, 2.45) is 5.73 Å². The Morgan fingerprint density at radius 3 is 2.69 bits per heavy atom. The number of hydrogen-bond acceptors (Lipinski definition) is 10. The van der Waals surface area contributed by atoms with Crippen molar-refractivity contribution in [3.8, 4) is 17.1 Å². The molecule has 2 aromatic heterocycles. The van der Waals surface area contributed by atoms with Gasteiger partial charge in [-0.25, -0.2) is 9.37 Å². The van der Waals surface area contributed by atoms with Crippen molar-refractivity contribution in [3.63, 3.8) is 0 Å². The predicted molar refractivity (Wildman–Crippen MR) is 168 cm³/mol. The third-order valence-electron chi connectivity index (χ3n) is 9.08. The molecule has 1 unspecified atom stereocenters. The Hall–Kier alpha value is -2.83. The lowest BCUT2D eigenvalue weighted by molar-refractivity contribution is 0.0866. The van der Waals surface area contributed by atoms with Crippen LogP contribution in [0.3, 0.4) is 0 Å². The van der Waals surface area contributed by atoms with E-state index in [1.54, 1.807) is 6.07 Å². The second kappa shape index (κ2) is 11.3. The van der Waals surface area contributed by atoms with Crippen LogP contribution in [-0.4, -0.2) is 89.3 Å². The maximum absolute atomic E-state index is 16.7. The quantitative estimate of drug-likeness (QED) is 0.319. The van der Waals surface area contributed by atoms with Gasteiger partial charge in [-0.1, -0.05) is 35.1 Å². The molecule has 2 atom stereocenters. The molecule has 2 aromatic carbocycles. The molecular formula is C30H36ClFN8OS. The lowest BCUT2D eigenvalue weighted by Crippen LogP contribution is -2.59. The lowest BCUT2D eigenvalue weighted by atomic mass is 10.0. The first-order valence-electron chi connectivity index (χ1n) is 14.8. The number of rotatable bonds is 6. The molecule has 3 saturated heterocycles. The highest BCUT2D eigenvalue weighted by atomic mass is 35.5. The van der Waals surface area contributed by atoms with Gasteiger partial charge in [0.05, 0.1) is 15.2 Å². The highest BCUT2D eigenvalue weighted by Crippen LogP contribution is 2.42. The zero-order chi connectivity index (χ0) is 29.0. The van der Waals surface area contributed by atoms with E-state index in [-0.39, 0.29) is 34.2 Å². The molecule has 0 saturated carbocycles. The van der Waals surface area contributed by atoms with Gasteiger partial charge in [-0.3, -0.25) is 4.90 Å². The molecule has 9 nitrogen and oxygen atoms in total. The van der Waals surface area contributed by atoms with Gasteiger partial charge in [-0.05, 0) is 57.8 Å². The fourth-order valence-corrected chi connectivity index (χ4v) is 7.80. The normalized spacial score (nSPS) is 22.6. The number of nitrogens with zero attached hydrogens (tertiary/aromatic N) is 6. The van der Waals surface area contributed by atoms with E-state index in [1.807, 2.05) is 18.2 Å². The van der Waals surface area contributed by atoms with Crippen LogP contribution in [0.4, 0.5) is 15.3 Å². The molecule has 0 amide bonds. The topological polar surface area (TPSA) is 110 Å². The number of halogens is 2. The molecule has 0 aliphatic carbocycles. The van der Waals surface area contributed by atoms with E-state index in [4.69, 9.17) is 32.8 Å². The van der Waals surface area contributed by atoms with Gasteiger partial charge in [-0.2, -0.15) is 9.97 Å². The lowest BCUT2D eigenvalue weighted by Gasteiger charge is -2.42. The third kappa shape index (κ3) is 5.15. The average molecular weight is 611 g/mol. The second-order valence-corrected chi connectivity index (χ2v) is 13.3. The van der Waals surface area contributed by atoms with Crippen LogP contribution in [0.25, 0.3) is 32.2 Å². The van der Waals surface area contributed by atoms with Crippen LogP contribution in [0, 0.1) is 5.82 Å². The van der Waals surface area contributed by atoms with E-state index in [9.17, 15) is 0 Å². The Kier molecular flexibility index (Phi) is 7.56. The van der Waals surface area contributed by atoms with E-state index in [2.05, 4.69) is 31.7 Å². The molecule has 5 heterocycles. The van der Waals surface area contributed by atoms with Crippen molar-refractivity contribution in [1.29, 1.82) is 0 Å². The van der Waals surface area contributed by atoms with Crippen LogP contribution in [-0.2, 0) is 0 Å². The van der Waals surface area contributed by atoms with Crippen molar-refractivity contribution >= 4 is 55.0 Å². The number of benzene rings is 2. The number of anilines is 2. The zero-order valence-corrected chi connectivity index (χ0v) is 25.3. The molecule has 42 heavy (non-hydrogen) atoms. The Morgan fingerprint density at radius 1 is 1.07 bits per heavy atom. The summed E-state index contributed by atoms with van der Waals surface area (Å²) in [5.74, 6) is 0.157. The number of nitrogen functional groups attached to an aromatic ring is 1. The minimum Gasteiger partial charge on any atom is -0.462 e. The summed E-state index contributed by atoms with van der Waals surface area (Å²) in [4.78, 5) is 21.0. The first-order chi connectivity index (χ1) is 20.4. The molecule has 0 radical (unpaired) electrons. The highest BCUT2D eigenvalue weighted by molar-refractivity contribution is 7.22. The molecular weight excluding hydrogens is 575 g/mol. The number of fused-ring (bicyclic) bond motifs is 2. The summed E-state index contributed by atoms with van der Waals surface area (Å²) in [7, 11) is 2.10. The van der Waals surface area contributed by atoms with Gasteiger partial charge < -0.3 is 26.0 Å². The number of thiazole rings is 1. The van der Waals surface area contributed by atoms with Crippen LogP contribution in [0.2, 0.25) is 5.02 Å². The number of aromatic nitrogens is 3. The fraction of sp³-hybridized carbons (Fsp3) is 0.500. The monoisotopic (exact) mass is 610 g/mol. The van der Waals surface area contributed by atoms with Crippen LogP contribution in [0.15, 0.2) is 24.3 Å². The largest absolute Gasteiger partial charge is 0.462 e. The van der Waals surface area contributed by atoms with Gasteiger partial charge >= 0.3 is 6.01 Å². The molecule has 4 aromatic rings. The van der Waals surface area contributed by atoms with Crippen LogP contribution >= 0.6 is 22.9 Å². The molecule has 0 bridgehead atoms. The van der Waals surface area contributed by atoms with Crippen molar-refractivity contribution in [2.45, 2.75) is 50.2 Å². The van der Waals surface area contributed by atoms with Crippen molar-refractivity contribution < 1.29 is 9.13 Å².